The second-order valence-electron chi connectivity index (χ2n) is 16.2. The van der Waals surface area contributed by atoms with Crippen molar-refractivity contribution < 1.29 is 0 Å². The minimum absolute atomic E-state index is 0.852. The maximum atomic E-state index is 5.85. The van der Waals surface area contributed by atoms with Gasteiger partial charge < -0.3 is 9.80 Å². The lowest BCUT2D eigenvalue weighted by Crippen LogP contribution is -2.10. The monoisotopic (exact) mass is 790 g/mol. The zero-order chi connectivity index (χ0) is 40.5. The van der Waals surface area contributed by atoms with Crippen molar-refractivity contribution in [3.8, 4) is 0 Å². The van der Waals surface area contributed by atoms with E-state index in [1.165, 1.54) is 32.3 Å². The van der Waals surface area contributed by atoms with Gasteiger partial charge in [0.2, 0.25) is 0 Å². The molecule has 0 N–H and O–H groups in total. The molecule has 5 heterocycles. The molecule has 5 aromatic heterocycles. The van der Waals surface area contributed by atoms with Crippen molar-refractivity contribution in [2.45, 2.75) is 0 Å². The summed E-state index contributed by atoms with van der Waals surface area (Å²) in [6, 6.07) is 73.7. The number of fused-ring (bicyclic) bond motifs is 14. The number of para-hydroxylation sites is 7. The average Bonchev–Trinajstić information content (AvgIpc) is 4.06. The van der Waals surface area contributed by atoms with E-state index in [9.17, 15) is 0 Å². The van der Waals surface area contributed by atoms with Crippen LogP contribution in [0.4, 0.5) is 34.1 Å². The molecule has 0 saturated heterocycles. The second kappa shape index (κ2) is 12.5. The molecule has 6 nitrogen and oxygen atoms in total. The second-order valence-corrected chi connectivity index (χ2v) is 16.2. The number of nitrogens with zero attached hydrogens (tertiary/aromatic N) is 6. The van der Waals surface area contributed by atoms with E-state index in [2.05, 4.69) is 225 Å². The van der Waals surface area contributed by atoms with Gasteiger partial charge in [-0.05, 0) is 77.5 Å². The van der Waals surface area contributed by atoms with Crippen molar-refractivity contribution >= 4 is 122 Å². The van der Waals surface area contributed by atoms with E-state index < -0.39 is 0 Å². The third kappa shape index (κ3) is 4.42. The molecular formula is C56H34N6. The zero-order valence-corrected chi connectivity index (χ0v) is 33.3. The van der Waals surface area contributed by atoms with Crippen LogP contribution < -0.4 is 9.80 Å². The molecule has 0 atom stereocenters. The Labute approximate surface area is 355 Å². The van der Waals surface area contributed by atoms with Crippen molar-refractivity contribution in [1.29, 1.82) is 0 Å². The molecular weight excluding hydrogens is 757 g/mol. The first-order chi connectivity index (χ1) is 30.8. The normalized spacial score (nSPS) is 12.2. The fourth-order valence-electron chi connectivity index (χ4n) is 10.4. The van der Waals surface area contributed by atoms with Crippen molar-refractivity contribution in [3.05, 3.63) is 206 Å². The van der Waals surface area contributed by atoms with Crippen LogP contribution in [0.3, 0.4) is 0 Å². The van der Waals surface area contributed by atoms with E-state index in [-0.39, 0.29) is 0 Å². The van der Waals surface area contributed by atoms with Crippen LogP contribution in [-0.2, 0) is 0 Å². The lowest BCUT2D eigenvalue weighted by molar-refractivity contribution is 1.22. The molecule has 0 radical (unpaired) electrons. The Morgan fingerprint density at radius 2 is 0.710 bits per heavy atom. The van der Waals surface area contributed by atoms with Gasteiger partial charge >= 0.3 is 0 Å². The third-order valence-electron chi connectivity index (χ3n) is 12.9. The summed E-state index contributed by atoms with van der Waals surface area (Å²) in [6.45, 7) is 0. The van der Waals surface area contributed by atoms with Gasteiger partial charge in [-0.1, -0.05) is 140 Å². The summed E-state index contributed by atoms with van der Waals surface area (Å²) in [6.07, 6.45) is 0. The smallest absolute Gasteiger partial charge is 0.165 e. The van der Waals surface area contributed by atoms with Crippen LogP contribution in [-0.4, -0.2) is 18.8 Å². The van der Waals surface area contributed by atoms with Crippen molar-refractivity contribution in [2.75, 3.05) is 9.80 Å². The Bertz CT molecular complexity index is 3950. The van der Waals surface area contributed by atoms with Crippen LogP contribution in [0.2, 0.25) is 0 Å². The zero-order valence-electron chi connectivity index (χ0n) is 33.3. The number of aromatic nitrogens is 4. The molecule has 0 aliphatic carbocycles. The summed E-state index contributed by atoms with van der Waals surface area (Å²) < 4.78 is 4.80. The number of rotatable bonds is 6. The van der Waals surface area contributed by atoms with Crippen LogP contribution >= 0.6 is 0 Å². The highest BCUT2D eigenvalue weighted by molar-refractivity contribution is 6.32. The van der Waals surface area contributed by atoms with Gasteiger partial charge in [0.05, 0.1) is 33.4 Å². The molecule has 62 heavy (non-hydrogen) atoms. The van der Waals surface area contributed by atoms with Gasteiger partial charge in [-0.2, -0.15) is 0 Å². The Hall–Kier alpha value is -8.48. The average molecular weight is 791 g/mol. The maximum absolute atomic E-state index is 5.85. The van der Waals surface area contributed by atoms with Gasteiger partial charge in [0.15, 0.2) is 11.3 Å². The van der Waals surface area contributed by atoms with E-state index in [0.717, 1.165) is 89.3 Å². The van der Waals surface area contributed by atoms with Gasteiger partial charge in [-0.15, -0.1) is 0 Å². The summed E-state index contributed by atoms with van der Waals surface area (Å²) in [5.41, 5.74) is 14.5. The Balaban J connectivity index is 1.16. The number of hydrogen-bond acceptors (Lipinski definition) is 4. The predicted molar refractivity (Wildman–Crippen MR) is 258 cm³/mol. The SMILES string of the molecule is c1ccc(N(c2ccccc2)c2cccc3c4cccc5c6nc7c(nc6n(c23)c45)c2c3ccccc3cc3c4cccc(N(c5ccccc5)c5ccccc5)c4n7c32)cc1. The first kappa shape index (κ1) is 33.4. The van der Waals surface area contributed by atoms with Crippen LogP contribution in [0.1, 0.15) is 0 Å². The van der Waals surface area contributed by atoms with E-state index >= 15 is 0 Å². The van der Waals surface area contributed by atoms with Gasteiger partial charge in [0, 0.05) is 55.1 Å². The highest BCUT2D eigenvalue weighted by atomic mass is 15.2. The molecule has 0 saturated carbocycles. The lowest BCUT2D eigenvalue weighted by Gasteiger charge is -2.26. The molecule has 6 heteroatoms. The summed E-state index contributed by atoms with van der Waals surface area (Å²) in [5, 5.41) is 9.29. The summed E-state index contributed by atoms with van der Waals surface area (Å²) in [5.74, 6) is 0. The largest absolute Gasteiger partial charge is 0.308 e. The van der Waals surface area contributed by atoms with E-state index in [0.29, 0.717) is 0 Å². The fourth-order valence-corrected chi connectivity index (χ4v) is 10.4. The molecule has 288 valence electrons. The van der Waals surface area contributed by atoms with Crippen LogP contribution in [0.15, 0.2) is 206 Å². The molecule has 0 spiro atoms. The standard InChI is InChI=1S/C56H34N6/c1-5-19-36(20-6-1)59(37-21-7-2-8-22-37)46-32-16-29-42-41-28-15-31-44-49-55(61(51(41)44)52(42)46)58-50-48-40-27-14-13-18-35(40)34-45-43-30-17-33-47(53(43)62(54(45)48)56(50)57-49)60(38-23-9-3-10-24-38)39-25-11-4-12-26-39/h1-34H. The summed E-state index contributed by atoms with van der Waals surface area (Å²) >= 11 is 0. The molecule has 9 aromatic carbocycles. The first-order valence-corrected chi connectivity index (χ1v) is 21.1. The first-order valence-electron chi connectivity index (χ1n) is 21.1. The van der Waals surface area contributed by atoms with Crippen molar-refractivity contribution in [1.82, 2.24) is 18.8 Å². The summed E-state index contributed by atoms with van der Waals surface area (Å²) in [7, 11) is 0. The third-order valence-corrected chi connectivity index (χ3v) is 12.9. The van der Waals surface area contributed by atoms with E-state index in [1.54, 1.807) is 0 Å². The molecule has 0 bridgehead atoms. The maximum Gasteiger partial charge on any atom is 0.165 e. The molecule has 14 rings (SSSR count). The minimum atomic E-state index is 0.852. The van der Waals surface area contributed by atoms with Gasteiger partial charge in [-0.3, -0.25) is 8.80 Å². The van der Waals surface area contributed by atoms with Crippen molar-refractivity contribution in [2.24, 2.45) is 0 Å². The Morgan fingerprint density at radius 1 is 0.306 bits per heavy atom. The summed E-state index contributed by atoms with van der Waals surface area (Å²) in [4.78, 5) is 16.4. The number of benzene rings is 9. The van der Waals surface area contributed by atoms with Gasteiger partial charge in [0.1, 0.15) is 11.0 Å². The number of anilines is 6. The predicted octanol–water partition coefficient (Wildman–Crippen LogP) is 14.9. The molecule has 0 aliphatic heterocycles. The van der Waals surface area contributed by atoms with Gasteiger partial charge in [0.25, 0.3) is 0 Å². The quantitative estimate of drug-likeness (QED) is 0.168. The van der Waals surface area contributed by atoms with E-state index in [1.807, 2.05) is 0 Å². The molecule has 0 aliphatic rings. The highest BCUT2D eigenvalue weighted by Crippen LogP contribution is 2.49. The Morgan fingerprint density at radius 3 is 1.27 bits per heavy atom. The van der Waals surface area contributed by atoms with Crippen LogP contribution in [0, 0.1) is 0 Å². The molecule has 0 unspecified atom stereocenters. The highest BCUT2D eigenvalue weighted by Gasteiger charge is 2.29. The Kier molecular flexibility index (Phi) is 6.74. The van der Waals surface area contributed by atoms with Crippen LogP contribution in [0.5, 0.6) is 0 Å². The fraction of sp³-hybridized carbons (Fsp3) is 0. The minimum Gasteiger partial charge on any atom is -0.308 e. The van der Waals surface area contributed by atoms with E-state index in [4.69, 9.17) is 9.97 Å². The molecule has 0 amide bonds. The molecule has 0 fully saturated rings. The van der Waals surface area contributed by atoms with Gasteiger partial charge in [-0.25, -0.2) is 9.97 Å². The number of hydrogen-bond donors (Lipinski definition) is 0. The topological polar surface area (TPSA) is 41.1 Å². The molecule has 14 aromatic rings. The van der Waals surface area contributed by atoms with Crippen LogP contribution in [0.25, 0.3) is 87.5 Å². The van der Waals surface area contributed by atoms with Crippen molar-refractivity contribution in [3.63, 3.8) is 0 Å². The lowest BCUT2D eigenvalue weighted by atomic mass is 10.0.